The number of halogens is 1. The fourth-order valence-corrected chi connectivity index (χ4v) is 2.90. The molecule has 0 saturated carbocycles. The fraction of sp³-hybridized carbons (Fsp3) is 0.100. The minimum Gasteiger partial charge on any atom is -0.504 e. The van der Waals surface area contributed by atoms with Gasteiger partial charge in [-0.3, -0.25) is 9.79 Å². The third-order valence-corrected chi connectivity index (χ3v) is 4.28. The number of hydrogen-bond acceptors (Lipinski definition) is 6. The lowest BCUT2D eigenvalue weighted by Gasteiger charge is -2.10. The number of amides is 1. The lowest BCUT2D eigenvalue weighted by Crippen LogP contribution is -2.11. The molecule has 0 bridgehead atoms. The molecule has 3 aromatic rings. The number of furan rings is 1. The van der Waals surface area contributed by atoms with Crippen molar-refractivity contribution in [3.8, 4) is 17.2 Å². The zero-order valence-electron chi connectivity index (χ0n) is 15.1. The summed E-state index contributed by atoms with van der Waals surface area (Å²) in [6.45, 7) is 0. The van der Waals surface area contributed by atoms with Crippen LogP contribution in [-0.4, -0.2) is 31.4 Å². The van der Waals surface area contributed by atoms with E-state index in [9.17, 15) is 9.90 Å². The molecule has 0 saturated heterocycles. The first kappa shape index (κ1) is 19.5. The van der Waals surface area contributed by atoms with Gasteiger partial charge in [-0.2, -0.15) is 0 Å². The summed E-state index contributed by atoms with van der Waals surface area (Å²) in [5, 5.41) is 12.9. The van der Waals surface area contributed by atoms with Gasteiger partial charge in [0, 0.05) is 22.3 Å². The quantitative estimate of drug-likeness (QED) is 0.534. The van der Waals surface area contributed by atoms with E-state index in [-0.39, 0.29) is 17.4 Å². The summed E-state index contributed by atoms with van der Waals surface area (Å²) in [5.74, 6) is 0.577. The van der Waals surface area contributed by atoms with E-state index in [1.54, 1.807) is 42.5 Å². The Morgan fingerprint density at radius 1 is 1.18 bits per heavy atom. The number of benzene rings is 2. The topological polar surface area (TPSA) is 93.3 Å². The Balaban J connectivity index is 1.83. The van der Waals surface area contributed by atoms with Gasteiger partial charge in [0.2, 0.25) is 0 Å². The molecule has 0 unspecified atom stereocenters. The number of anilines is 1. The SMILES string of the molecule is COc1cc(N=Cc2cc(Br)cc(OC)c2O)ccc1NC(=O)c1ccco1. The van der Waals surface area contributed by atoms with Gasteiger partial charge in [-0.1, -0.05) is 15.9 Å². The molecule has 1 aromatic heterocycles. The van der Waals surface area contributed by atoms with E-state index in [0.717, 1.165) is 4.47 Å². The van der Waals surface area contributed by atoms with E-state index in [1.807, 2.05) is 0 Å². The first-order valence-electron chi connectivity index (χ1n) is 8.15. The summed E-state index contributed by atoms with van der Waals surface area (Å²) in [4.78, 5) is 16.5. The van der Waals surface area contributed by atoms with Gasteiger partial charge in [0.25, 0.3) is 5.91 Å². The van der Waals surface area contributed by atoms with Crippen LogP contribution in [0.3, 0.4) is 0 Å². The highest BCUT2D eigenvalue weighted by Crippen LogP contribution is 2.34. The molecule has 0 fully saturated rings. The van der Waals surface area contributed by atoms with E-state index in [2.05, 4.69) is 26.2 Å². The molecule has 7 nitrogen and oxygen atoms in total. The van der Waals surface area contributed by atoms with Crippen molar-refractivity contribution in [1.29, 1.82) is 0 Å². The summed E-state index contributed by atoms with van der Waals surface area (Å²) in [5.41, 5.74) is 1.54. The van der Waals surface area contributed by atoms with Crippen molar-refractivity contribution in [3.05, 3.63) is 64.5 Å². The van der Waals surface area contributed by atoms with Crippen LogP contribution in [0, 0.1) is 0 Å². The number of aromatic hydroxyl groups is 1. The van der Waals surface area contributed by atoms with Crippen molar-refractivity contribution in [2.45, 2.75) is 0 Å². The highest BCUT2D eigenvalue weighted by Gasteiger charge is 2.13. The summed E-state index contributed by atoms with van der Waals surface area (Å²) in [7, 11) is 2.97. The van der Waals surface area contributed by atoms with Gasteiger partial charge in [-0.25, -0.2) is 0 Å². The predicted molar refractivity (Wildman–Crippen MR) is 109 cm³/mol. The summed E-state index contributed by atoms with van der Waals surface area (Å²) in [6.07, 6.45) is 2.94. The Bertz CT molecular complexity index is 1020. The number of rotatable bonds is 6. The highest BCUT2D eigenvalue weighted by atomic mass is 79.9. The molecule has 2 aromatic carbocycles. The first-order chi connectivity index (χ1) is 13.5. The molecule has 8 heteroatoms. The van der Waals surface area contributed by atoms with Crippen molar-refractivity contribution in [3.63, 3.8) is 0 Å². The van der Waals surface area contributed by atoms with Crippen molar-refractivity contribution >= 4 is 39.4 Å². The second-order valence-electron chi connectivity index (χ2n) is 5.62. The van der Waals surface area contributed by atoms with Crippen LogP contribution in [-0.2, 0) is 0 Å². The molecule has 0 aliphatic heterocycles. The van der Waals surface area contributed by atoms with Gasteiger partial charge in [-0.05, 0) is 36.4 Å². The monoisotopic (exact) mass is 444 g/mol. The van der Waals surface area contributed by atoms with Crippen LogP contribution in [0.5, 0.6) is 17.2 Å². The van der Waals surface area contributed by atoms with E-state index in [4.69, 9.17) is 13.9 Å². The number of aliphatic imine (C=N–C) groups is 1. The lowest BCUT2D eigenvalue weighted by molar-refractivity contribution is 0.0996. The standard InChI is InChI=1S/C20H17BrN2O5/c1-26-17-10-14(5-6-15(17)23-20(25)16-4-3-7-28-16)22-11-12-8-13(21)9-18(27-2)19(12)24/h3-11,24H,1-2H3,(H,23,25). The third-order valence-electron chi connectivity index (χ3n) is 3.82. The van der Waals surface area contributed by atoms with Gasteiger partial charge in [0.05, 0.1) is 31.9 Å². The maximum absolute atomic E-state index is 12.1. The van der Waals surface area contributed by atoms with Crippen LogP contribution in [0.1, 0.15) is 16.1 Å². The Morgan fingerprint density at radius 3 is 2.64 bits per heavy atom. The normalized spacial score (nSPS) is 10.8. The average molecular weight is 445 g/mol. The Labute approximate surface area is 169 Å². The summed E-state index contributed by atoms with van der Waals surface area (Å²) >= 11 is 3.37. The number of phenols is 1. The van der Waals surface area contributed by atoms with Crippen molar-refractivity contribution in [2.24, 2.45) is 4.99 Å². The molecular formula is C20H17BrN2O5. The van der Waals surface area contributed by atoms with Gasteiger partial charge >= 0.3 is 0 Å². The van der Waals surface area contributed by atoms with Crippen LogP contribution >= 0.6 is 15.9 Å². The minimum atomic E-state index is -0.384. The number of hydrogen-bond donors (Lipinski definition) is 2. The van der Waals surface area contributed by atoms with Crippen molar-refractivity contribution < 1.29 is 23.8 Å². The average Bonchev–Trinajstić information content (AvgIpc) is 3.24. The Kier molecular flexibility index (Phi) is 6.00. The van der Waals surface area contributed by atoms with E-state index in [0.29, 0.717) is 28.4 Å². The number of carbonyl (C=O) groups excluding carboxylic acids is 1. The second-order valence-corrected chi connectivity index (χ2v) is 6.54. The highest BCUT2D eigenvalue weighted by molar-refractivity contribution is 9.10. The molecule has 1 heterocycles. The van der Waals surface area contributed by atoms with Gasteiger partial charge in [0.1, 0.15) is 5.75 Å². The molecule has 0 aliphatic rings. The summed E-state index contributed by atoms with van der Waals surface area (Å²) in [6, 6.07) is 11.6. The molecule has 28 heavy (non-hydrogen) atoms. The third kappa shape index (κ3) is 4.34. The number of nitrogens with zero attached hydrogens (tertiary/aromatic N) is 1. The molecule has 0 spiro atoms. The number of ether oxygens (including phenoxy) is 2. The van der Waals surface area contributed by atoms with E-state index >= 15 is 0 Å². The zero-order chi connectivity index (χ0) is 20.1. The Morgan fingerprint density at radius 2 is 1.96 bits per heavy atom. The molecule has 0 radical (unpaired) electrons. The van der Waals surface area contributed by atoms with E-state index in [1.165, 1.54) is 26.7 Å². The van der Waals surface area contributed by atoms with Crippen LogP contribution in [0.4, 0.5) is 11.4 Å². The summed E-state index contributed by atoms with van der Waals surface area (Å²) < 4.78 is 16.3. The molecular weight excluding hydrogens is 428 g/mol. The van der Waals surface area contributed by atoms with Gasteiger partial charge in [-0.15, -0.1) is 0 Å². The molecule has 1 amide bonds. The number of phenolic OH excluding ortho intramolecular Hbond substituents is 1. The fourth-order valence-electron chi connectivity index (χ4n) is 2.45. The molecule has 3 rings (SSSR count). The molecule has 0 aliphatic carbocycles. The molecule has 0 atom stereocenters. The predicted octanol–water partition coefficient (Wildman–Crippen LogP) is 4.77. The minimum absolute atomic E-state index is 0.0104. The molecule has 2 N–H and O–H groups in total. The Hall–Kier alpha value is -3.26. The van der Waals surface area contributed by atoms with Crippen molar-refractivity contribution in [1.82, 2.24) is 0 Å². The van der Waals surface area contributed by atoms with Gasteiger partial charge < -0.3 is 24.3 Å². The molecule has 144 valence electrons. The number of carbonyl (C=O) groups is 1. The van der Waals surface area contributed by atoms with Crippen LogP contribution in [0.2, 0.25) is 0 Å². The van der Waals surface area contributed by atoms with Crippen LogP contribution in [0.25, 0.3) is 0 Å². The number of nitrogens with one attached hydrogen (secondary N) is 1. The first-order valence-corrected chi connectivity index (χ1v) is 8.94. The maximum atomic E-state index is 12.1. The van der Waals surface area contributed by atoms with Gasteiger partial charge in [0.15, 0.2) is 17.3 Å². The zero-order valence-corrected chi connectivity index (χ0v) is 16.7. The lowest BCUT2D eigenvalue weighted by atomic mass is 10.2. The van der Waals surface area contributed by atoms with Crippen LogP contribution in [0.15, 0.2) is 62.6 Å². The maximum Gasteiger partial charge on any atom is 0.291 e. The second kappa shape index (κ2) is 8.62. The van der Waals surface area contributed by atoms with Crippen LogP contribution < -0.4 is 14.8 Å². The van der Waals surface area contributed by atoms with E-state index < -0.39 is 0 Å². The largest absolute Gasteiger partial charge is 0.504 e. The van der Waals surface area contributed by atoms with Crippen molar-refractivity contribution in [2.75, 3.05) is 19.5 Å². The smallest absolute Gasteiger partial charge is 0.291 e. The number of methoxy groups -OCH3 is 2.